The number of amides is 1. The first kappa shape index (κ1) is 9.76. The molecule has 1 aromatic heterocycles. The highest BCUT2D eigenvalue weighted by molar-refractivity contribution is 5.97. The highest BCUT2D eigenvalue weighted by Gasteiger charge is 2.35. The standard InChI is InChI=1S/C10H11NO4/c12-9-7(10(13)14)4-6(5-11-9)8-2-1-3-15-8/h1-3,6-7H,4-5H2,(H,11,12)(H,13,14). The number of rotatable bonds is 2. The van der Waals surface area contributed by atoms with E-state index in [4.69, 9.17) is 9.52 Å². The zero-order chi connectivity index (χ0) is 10.8. The molecule has 1 aliphatic rings. The van der Waals surface area contributed by atoms with Gasteiger partial charge in [0, 0.05) is 12.5 Å². The van der Waals surface area contributed by atoms with Gasteiger partial charge in [0.2, 0.25) is 5.91 Å². The summed E-state index contributed by atoms with van der Waals surface area (Å²) in [5.41, 5.74) is 0. The third-order valence-electron chi connectivity index (χ3n) is 2.60. The Morgan fingerprint density at radius 1 is 1.60 bits per heavy atom. The lowest BCUT2D eigenvalue weighted by atomic mass is 9.88. The molecule has 0 saturated carbocycles. The quantitative estimate of drug-likeness (QED) is 0.698. The molecule has 80 valence electrons. The Morgan fingerprint density at radius 3 is 3.00 bits per heavy atom. The van der Waals surface area contributed by atoms with Crippen LogP contribution in [0.15, 0.2) is 22.8 Å². The molecule has 2 heterocycles. The van der Waals surface area contributed by atoms with Gasteiger partial charge in [0.05, 0.1) is 6.26 Å². The lowest BCUT2D eigenvalue weighted by Gasteiger charge is -2.25. The second kappa shape index (κ2) is 3.76. The Balaban J connectivity index is 2.12. The largest absolute Gasteiger partial charge is 0.481 e. The third-order valence-corrected chi connectivity index (χ3v) is 2.60. The van der Waals surface area contributed by atoms with Crippen molar-refractivity contribution >= 4 is 11.9 Å². The lowest BCUT2D eigenvalue weighted by molar-refractivity contribution is -0.148. The normalized spacial score (nSPS) is 26.0. The highest BCUT2D eigenvalue weighted by Crippen LogP contribution is 2.27. The van der Waals surface area contributed by atoms with Crippen molar-refractivity contribution in [3.8, 4) is 0 Å². The molecule has 1 amide bonds. The summed E-state index contributed by atoms with van der Waals surface area (Å²) >= 11 is 0. The zero-order valence-corrected chi connectivity index (χ0v) is 7.97. The average molecular weight is 209 g/mol. The second-order valence-corrected chi connectivity index (χ2v) is 3.58. The predicted molar refractivity (Wildman–Crippen MR) is 50.2 cm³/mol. The van der Waals surface area contributed by atoms with Crippen LogP contribution in [-0.2, 0) is 9.59 Å². The van der Waals surface area contributed by atoms with E-state index >= 15 is 0 Å². The van der Waals surface area contributed by atoms with Gasteiger partial charge in [-0.3, -0.25) is 9.59 Å². The number of carbonyl (C=O) groups is 2. The molecule has 2 N–H and O–H groups in total. The maximum absolute atomic E-state index is 11.2. The van der Waals surface area contributed by atoms with Crippen molar-refractivity contribution < 1.29 is 19.1 Å². The molecule has 0 radical (unpaired) electrons. The van der Waals surface area contributed by atoms with Gasteiger partial charge in [0.15, 0.2) is 0 Å². The summed E-state index contributed by atoms with van der Waals surface area (Å²) < 4.78 is 5.19. The molecule has 2 unspecified atom stereocenters. The van der Waals surface area contributed by atoms with Crippen LogP contribution in [0.2, 0.25) is 0 Å². The van der Waals surface area contributed by atoms with Gasteiger partial charge in [-0.2, -0.15) is 0 Å². The van der Waals surface area contributed by atoms with E-state index in [9.17, 15) is 9.59 Å². The first-order chi connectivity index (χ1) is 7.18. The molecule has 0 aliphatic carbocycles. The monoisotopic (exact) mass is 209 g/mol. The van der Waals surface area contributed by atoms with E-state index in [1.807, 2.05) is 0 Å². The van der Waals surface area contributed by atoms with E-state index in [2.05, 4.69) is 5.32 Å². The van der Waals surface area contributed by atoms with Crippen molar-refractivity contribution in [3.05, 3.63) is 24.2 Å². The molecular weight excluding hydrogens is 198 g/mol. The molecule has 15 heavy (non-hydrogen) atoms. The van der Waals surface area contributed by atoms with Crippen molar-refractivity contribution in [1.29, 1.82) is 0 Å². The minimum Gasteiger partial charge on any atom is -0.481 e. The van der Waals surface area contributed by atoms with Crippen molar-refractivity contribution in [1.82, 2.24) is 5.32 Å². The van der Waals surface area contributed by atoms with E-state index in [0.29, 0.717) is 13.0 Å². The van der Waals surface area contributed by atoms with Crippen LogP contribution < -0.4 is 5.32 Å². The van der Waals surface area contributed by atoms with Crippen LogP contribution in [0.4, 0.5) is 0 Å². The first-order valence-electron chi connectivity index (χ1n) is 4.72. The maximum atomic E-state index is 11.2. The van der Waals surface area contributed by atoms with Gasteiger partial charge < -0.3 is 14.8 Å². The third kappa shape index (κ3) is 1.86. The molecule has 0 bridgehead atoms. The summed E-state index contributed by atoms with van der Waals surface area (Å²) in [5.74, 6) is -1.78. The zero-order valence-electron chi connectivity index (χ0n) is 7.97. The van der Waals surface area contributed by atoms with Crippen molar-refractivity contribution in [2.24, 2.45) is 5.92 Å². The van der Waals surface area contributed by atoms with Crippen LogP contribution in [0.5, 0.6) is 0 Å². The summed E-state index contributed by atoms with van der Waals surface area (Å²) in [7, 11) is 0. The van der Waals surface area contributed by atoms with E-state index in [1.54, 1.807) is 18.4 Å². The SMILES string of the molecule is O=C(O)C1CC(c2ccco2)CNC1=O. The van der Waals surface area contributed by atoms with Gasteiger partial charge >= 0.3 is 5.97 Å². The summed E-state index contributed by atoms with van der Waals surface area (Å²) in [6, 6.07) is 3.54. The van der Waals surface area contributed by atoms with Crippen molar-refractivity contribution in [3.63, 3.8) is 0 Å². The van der Waals surface area contributed by atoms with Crippen LogP contribution in [0.25, 0.3) is 0 Å². The summed E-state index contributed by atoms with van der Waals surface area (Å²) in [5, 5.41) is 11.4. The van der Waals surface area contributed by atoms with Crippen LogP contribution in [0.3, 0.4) is 0 Å². The fourth-order valence-corrected chi connectivity index (χ4v) is 1.78. The minimum absolute atomic E-state index is 0.0428. The molecule has 1 aliphatic heterocycles. The molecule has 5 nitrogen and oxygen atoms in total. The fourth-order valence-electron chi connectivity index (χ4n) is 1.78. The number of carbonyl (C=O) groups excluding carboxylic acids is 1. The molecular formula is C10H11NO4. The van der Waals surface area contributed by atoms with Gasteiger partial charge in [-0.05, 0) is 18.6 Å². The van der Waals surface area contributed by atoms with Gasteiger partial charge in [-0.25, -0.2) is 0 Å². The number of carboxylic acids is 1. The van der Waals surface area contributed by atoms with Crippen LogP contribution in [0.1, 0.15) is 18.1 Å². The van der Waals surface area contributed by atoms with Gasteiger partial charge in [0.25, 0.3) is 0 Å². The average Bonchev–Trinajstić information content (AvgIpc) is 2.71. The fraction of sp³-hybridized carbons (Fsp3) is 0.400. The van der Waals surface area contributed by atoms with Crippen LogP contribution >= 0.6 is 0 Å². The molecule has 0 aromatic carbocycles. The number of piperidine rings is 1. The van der Waals surface area contributed by atoms with E-state index in [-0.39, 0.29) is 5.92 Å². The Kier molecular flexibility index (Phi) is 2.45. The first-order valence-corrected chi connectivity index (χ1v) is 4.72. The summed E-state index contributed by atoms with van der Waals surface area (Å²) in [4.78, 5) is 22.0. The number of hydrogen-bond donors (Lipinski definition) is 2. The second-order valence-electron chi connectivity index (χ2n) is 3.58. The Bertz CT molecular complexity index is 371. The Hall–Kier alpha value is -1.78. The maximum Gasteiger partial charge on any atom is 0.316 e. The highest BCUT2D eigenvalue weighted by atomic mass is 16.4. The van der Waals surface area contributed by atoms with Crippen LogP contribution in [0, 0.1) is 5.92 Å². The molecule has 0 spiro atoms. The van der Waals surface area contributed by atoms with Gasteiger partial charge in [0.1, 0.15) is 11.7 Å². The number of furan rings is 1. The number of carboxylic acid groups (broad SMARTS) is 1. The number of nitrogens with one attached hydrogen (secondary N) is 1. The number of aliphatic carboxylic acids is 1. The molecule has 1 aromatic rings. The minimum atomic E-state index is -1.08. The summed E-state index contributed by atoms with van der Waals surface area (Å²) in [6.45, 7) is 0.441. The molecule has 1 saturated heterocycles. The van der Waals surface area contributed by atoms with E-state index in [1.165, 1.54) is 0 Å². The van der Waals surface area contributed by atoms with Gasteiger partial charge in [-0.15, -0.1) is 0 Å². The Morgan fingerprint density at radius 2 is 2.40 bits per heavy atom. The molecule has 5 heteroatoms. The van der Waals surface area contributed by atoms with Gasteiger partial charge in [-0.1, -0.05) is 0 Å². The summed E-state index contributed by atoms with van der Waals surface area (Å²) in [6.07, 6.45) is 1.84. The number of hydrogen-bond acceptors (Lipinski definition) is 3. The van der Waals surface area contributed by atoms with E-state index < -0.39 is 17.8 Å². The van der Waals surface area contributed by atoms with Crippen molar-refractivity contribution in [2.45, 2.75) is 12.3 Å². The topological polar surface area (TPSA) is 79.5 Å². The lowest BCUT2D eigenvalue weighted by Crippen LogP contribution is -2.43. The Labute approximate surface area is 86.1 Å². The molecule has 2 rings (SSSR count). The molecule has 2 atom stereocenters. The van der Waals surface area contributed by atoms with Crippen molar-refractivity contribution in [2.75, 3.05) is 6.54 Å². The van der Waals surface area contributed by atoms with Crippen LogP contribution in [-0.4, -0.2) is 23.5 Å². The smallest absolute Gasteiger partial charge is 0.316 e. The predicted octanol–water partition coefficient (Wildman–Crippen LogP) is 0.584. The van der Waals surface area contributed by atoms with E-state index in [0.717, 1.165) is 5.76 Å². The molecule has 1 fully saturated rings.